The second kappa shape index (κ2) is 8.35. The Morgan fingerprint density at radius 2 is 1.89 bits per heavy atom. The molecule has 3 nitrogen and oxygen atoms in total. The molecule has 0 aliphatic rings. The van der Waals surface area contributed by atoms with Gasteiger partial charge >= 0.3 is 5.97 Å². The smallest absolute Gasteiger partial charge is 0.333 e. The first kappa shape index (κ1) is 15.3. The summed E-state index contributed by atoms with van der Waals surface area (Å²) in [5, 5.41) is 0. The van der Waals surface area contributed by atoms with Gasteiger partial charge in [-0.25, -0.2) is 4.79 Å². The van der Waals surface area contributed by atoms with Gasteiger partial charge in [-0.3, -0.25) is 0 Å². The van der Waals surface area contributed by atoms with Gasteiger partial charge in [0.2, 0.25) is 0 Å². The molecule has 19 heavy (non-hydrogen) atoms. The molecule has 0 unspecified atom stereocenters. The van der Waals surface area contributed by atoms with Gasteiger partial charge in [0.15, 0.2) is 0 Å². The third-order valence-corrected chi connectivity index (χ3v) is 2.66. The summed E-state index contributed by atoms with van der Waals surface area (Å²) in [6, 6.07) is 7.89. The van der Waals surface area contributed by atoms with Gasteiger partial charge in [0.1, 0.15) is 5.75 Å². The van der Waals surface area contributed by atoms with Gasteiger partial charge < -0.3 is 9.47 Å². The first-order chi connectivity index (χ1) is 9.13. The molecule has 0 aliphatic carbocycles. The Labute approximate surface area is 115 Å². The summed E-state index contributed by atoms with van der Waals surface area (Å²) in [4.78, 5) is 11.2. The monoisotopic (exact) mass is 262 g/mol. The number of benzene rings is 1. The number of hydrogen-bond donors (Lipinski definition) is 0. The highest BCUT2D eigenvalue weighted by atomic mass is 16.5. The fourth-order valence-corrected chi connectivity index (χ4v) is 1.47. The summed E-state index contributed by atoms with van der Waals surface area (Å²) in [5.74, 6) is 0.552. The molecule has 1 rings (SSSR count). The Morgan fingerprint density at radius 3 is 2.47 bits per heavy atom. The van der Waals surface area contributed by atoms with Crippen LogP contribution >= 0.6 is 0 Å². The van der Waals surface area contributed by atoms with Crippen LogP contribution in [0.1, 0.15) is 32.3 Å². The molecule has 0 saturated carbocycles. The molecule has 1 aromatic rings. The largest absolute Gasteiger partial charge is 0.494 e. The lowest BCUT2D eigenvalue weighted by atomic mass is 10.1. The number of rotatable bonds is 8. The van der Waals surface area contributed by atoms with E-state index in [1.807, 2.05) is 24.3 Å². The summed E-state index contributed by atoms with van der Waals surface area (Å²) in [6.45, 7) is 8.45. The first-order valence-corrected chi connectivity index (χ1v) is 6.68. The molecule has 0 amide bonds. The van der Waals surface area contributed by atoms with E-state index in [0.717, 1.165) is 30.8 Å². The van der Waals surface area contributed by atoms with Crippen molar-refractivity contribution in [3.05, 3.63) is 42.0 Å². The van der Waals surface area contributed by atoms with Gasteiger partial charge in [-0.05, 0) is 31.0 Å². The van der Waals surface area contributed by atoms with E-state index in [4.69, 9.17) is 9.47 Å². The van der Waals surface area contributed by atoms with Crippen LogP contribution in [0.4, 0.5) is 0 Å². The Kier molecular flexibility index (Phi) is 6.72. The minimum atomic E-state index is -0.334. The van der Waals surface area contributed by atoms with Crippen LogP contribution in [0.25, 0.3) is 0 Å². The molecule has 0 N–H and O–H groups in total. The van der Waals surface area contributed by atoms with Gasteiger partial charge in [0.25, 0.3) is 0 Å². The second-order valence-corrected chi connectivity index (χ2v) is 4.51. The molecule has 3 heteroatoms. The Morgan fingerprint density at radius 1 is 1.21 bits per heavy atom. The van der Waals surface area contributed by atoms with Gasteiger partial charge in [0, 0.05) is 12.0 Å². The quantitative estimate of drug-likeness (QED) is 0.408. The van der Waals surface area contributed by atoms with Crippen molar-refractivity contribution in [3.8, 4) is 5.75 Å². The van der Waals surface area contributed by atoms with E-state index < -0.39 is 0 Å². The van der Waals surface area contributed by atoms with Crippen LogP contribution in [0, 0.1) is 0 Å². The van der Waals surface area contributed by atoms with Crippen molar-refractivity contribution in [3.63, 3.8) is 0 Å². The topological polar surface area (TPSA) is 35.5 Å². The maximum absolute atomic E-state index is 11.2. The molecule has 0 aliphatic heterocycles. The van der Waals surface area contributed by atoms with Crippen molar-refractivity contribution >= 4 is 5.97 Å². The van der Waals surface area contributed by atoms with Crippen LogP contribution in [0.2, 0.25) is 0 Å². The van der Waals surface area contributed by atoms with E-state index in [1.165, 1.54) is 0 Å². The molecule has 0 heterocycles. The normalized spacial score (nSPS) is 10.0. The zero-order valence-electron chi connectivity index (χ0n) is 11.8. The van der Waals surface area contributed by atoms with Gasteiger partial charge in [-0.1, -0.05) is 32.1 Å². The van der Waals surface area contributed by atoms with Crippen LogP contribution in [0.5, 0.6) is 5.75 Å². The Balaban J connectivity index is 2.31. The highest BCUT2D eigenvalue weighted by Crippen LogP contribution is 2.13. The maximum atomic E-state index is 11.2. The van der Waals surface area contributed by atoms with E-state index in [1.54, 1.807) is 6.92 Å². The molecule has 0 saturated heterocycles. The van der Waals surface area contributed by atoms with Crippen molar-refractivity contribution in [1.82, 2.24) is 0 Å². The average molecular weight is 262 g/mol. The number of ether oxygens (including phenoxy) is 2. The number of carbonyl (C=O) groups is 1. The van der Waals surface area contributed by atoms with E-state index in [0.29, 0.717) is 18.6 Å². The number of unbranched alkanes of at least 4 members (excludes halogenated alkanes) is 1. The Bertz CT molecular complexity index is 407. The summed E-state index contributed by atoms with van der Waals surface area (Å²) < 4.78 is 10.6. The average Bonchev–Trinajstić information content (AvgIpc) is 2.40. The van der Waals surface area contributed by atoms with E-state index in [-0.39, 0.29) is 5.97 Å². The molecule has 0 aromatic heterocycles. The molecule has 0 fully saturated rings. The molecule has 0 atom stereocenters. The molecule has 1 aromatic carbocycles. The van der Waals surface area contributed by atoms with E-state index in [9.17, 15) is 4.79 Å². The minimum absolute atomic E-state index is 0.334. The van der Waals surface area contributed by atoms with Gasteiger partial charge in [-0.2, -0.15) is 0 Å². The molecular weight excluding hydrogens is 240 g/mol. The van der Waals surface area contributed by atoms with Gasteiger partial charge in [-0.15, -0.1) is 0 Å². The van der Waals surface area contributed by atoms with Crippen molar-refractivity contribution in [2.45, 2.75) is 33.1 Å². The number of hydrogen-bond acceptors (Lipinski definition) is 3. The predicted octanol–water partition coefficient (Wildman–Crippen LogP) is 3.53. The van der Waals surface area contributed by atoms with Gasteiger partial charge in [0.05, 0.1) is 13.2 Å². The Hall–Kier alpha value is -1.77. The fourth-order valence-electron chi connectivity index (χ4n) is 1.47. The molecule has 104 valence electrons. The number of carbonyl (C=O) groups excluding carboxylic acids is 1. The zero-order chi connectivity index (χ0) is 14.1. The van der Waals surface area contributed by atoms with Crippen LogP contribution in [0.3, 0.4) is 0 Å². The standard InChI is InChI=1S/C16H22O3/c1-4-5-11-18-15-8-6-14(7-9-15)10-12-19-16(17)13(2)3/h6-9H,2,4-5,10-12H2,1,3H3. The second-order valence-electron chi connectivity index (χ2n) is 4.51. The maximum Gasteiger partial charge on any atom is 0.333 e. The summed E-state index contributed by atoms with van der Waals surface area (Å²) in [7, 11) is 0. The van der Waals surface area contributed by atoms with Crippen LogP contribution < -0.4 is 4.74 Å². The van der Waals surface area contributed by atoms with E-state index >= 15 is 0 Å². The highest BCUT2D eigenvalue weighted by Gasteiger charge is 2.03. The minimum Gasteiger partial charge on any atom is -0.494 e. The van der Waals surface area contributed by atoms with Crippen molar-refractivity contribution in [2.24, 2.45) is 0 Å². The van der Waals surface area contributed by atoms with Crippen LogP contribution in [-0.2, 0) is 16.0 Å². The fraction of sp³-hybridized carbons (Fsp3) is 0.438. The van der Waals surface area contributed by atoms with Crippen molar-refractivity contribution < 1.29 is 14.3 Å². The molecule has 0 spiro atoms. The van der Waals surface area contributed by atoms with E-state index in [2.05, 4.69) is 13.5 Å². The summed E-state index contributed by atoms with van der Waals surface area (Å²) in [5.41, 5.74) is 1.55. The lowest BCUT2D eigenvalue weighted by Gasteiger charge is -2.07. The predicted molar refractivity (Wildman–Crippen MR) is 76.3 cm³/mol. The number of esters is 1. The first-order valence-electron chi connectivity index (χ1n) is 6.68. The third-order valence-electron chi connectivity index (χ3n) is 2.66. The lowest BCUT2D eigenvalue weighted by Crippen LogP contribution is -2.08. The van der Waals surface area contributed by atoms with Crippen LogP contribution in [-0.4, -0.2) is 19.2 Å². The molecule has 0 bridgehead atoms. The lowest BCUT2D eigenvalue weighted by molar-refractivity contribution is -0.138. The zero-order valence-corrected chi connectivity index (χ0v) is 11.8. The van der Waals surface area contributed by atoms with Crippen molar-refractivity contribution in [2.75, 3.05) is 13.2 Å². The third kappa shape index (κ3) is 6.09. The summed E-state index contributed by atoms with van der Waals surface area (Å²) >= 11 is 0. The molecule has 0 radical (unpaired) electrons. The SMILES string of the molecule is C=C(C)C(=O)OCCc1ccc(OCCCC)cc1. The van der Waals surface area contributed by atoms with Crippen molar-refractivity contribution in [1.29, 1.82) is 0 Å². The summed E-state index contributed by atoms with van der Waals surface area (Å²) in [6.07, 6.45) is 2.90. The highest BCUT2D eigenvalue weighted by molar-refractivity contribution is 5.86. The molecular formula is C16H22O3. The van der Waals surface area contributed by atoms with Crippen LogP contribution in [0.15, 0.2) is 36.4 Å².